The number of carboxylic acid groups (broad SMARTS) is 1. The van der Waals surface area contributed by atoms with E-state index in [4.69, 9.17) is 5.11 Å². The van der Waals surface area contributed by atoms with E-state index in [0.717, 1.165) is 18.4 Å². The largest absolute Gasteiger partial charge is 0.481 e. The number of rotatable bonds is 8. The van der Waals surface area contributed by atoms with Gasteiger partial charge in [-0.2, -0.15) is 0 Å². The third-order valence-electron chi connectivity index (χ3n) is 4.80. The monoisotopic (exact) mass is 303 g/mol. The molecule has 0 spiro atoms. The van der Waals surface area contributed by atoms with Crippen molar-refractivity contribution in [2.24, 2.45) is 11.3 Å². The molecule has 4 nitrogen and oxygen atoms in total. The highest BCUT2D eigenvalue weighted by Gasteiger charge is 2.53. The number of amides is 1. The average Bonchev–Trinajstić information content (AvgIpc) is 3.19. The molecule has 1 saturated carbocycles. The molecule has 1 aromatic rings. The van der Waals surface area contributed by atoms with E-state index in [9.17, 15) is 9.59 Å². The summed E-state index contributed by atoms with van der Waals surface area (Å²) in [5.41, 5.74) is 1.23. The van der Waals surface area contributed by atoms with E-state index in [-0.39, 0.29) is 23.7 Å². The van der Waals surface area contributed by atoms with Crippen LogP contribution in [0.1, 0.15) is 45.1 Å². The van der Waals surface area contributed by atoms with Gasteiger partial charge in [-0.3, -0.25) is 9.59 Å². The second kappa shape index (κ2) is 6.95. The zero-order valence-corrected chi connectivity index (χ0v) is 13.4. The zero-order valence-electron chi connectivity index (χ0n) is 13.4. The topological polar surface area (TPSA) is 57.6 Å². The average molecular weight is 303 g/mol. The summed E-state index contributed by atoms with van der Waals surface area (Å²) < 4.78 is 0. The fourth-order valence-electron chi connectivity index (χ4n) is 2.90. The smallest absolute Gasteiger partial charge is 0.303 e. The Morgan fingerprint density at radius 3 is 2.55 bits per heavy atom. The van der Waals surface area contributed by atoms with E-state index in [1.165, 1.54) is 0 Å². The Morgan fingerprint density at radius 1 is 1.32 bits per heavy atom. The molecule has 0 aromatic heterocycles. The molecule has 2 unspecified atom stereocenters. The first-order valence-corrected chi connectivity index (χ1v) is 8.01. The van der Waals surface area contributed by atoms with Gasteiger partial charge in [-0.05, 0) is 30.2 Å². The highest BCUT2D eigenvalue weighted by atomic mass is 16.4. The minimum atomic E-state index is -0.808. The summed E-state index contributed by atoms with van der Waals surface area (Å²) in [7, 11) is 0. The van der Waals surface area contributed by atoms with Gasteiger partial charge in [0.1, 0.15) is 0 Å². The second-order valence-corrected chi connectivity index (χ2v) is 6.51. The number of carbonyl (C=O) groups is 2. The summed E-state index contributed by atoms with van der Waals surface area (Å²) in [5, 5.41) is 8.79. The summed E-state index contributed by atoms with van der Waals surface area (Å²) in [4.78, 5) is 25.3. The third kappa shape index (κ3) is 4.09. The van der Waals surface area contributed by atoms with Crippen LogP contribution in [0.15, 0.2) is 30.3 Å². The molecule has 4 heteroatoms. The van der Waals surface area contributed by atoms with Crippen molar-refractivity contribution in [2.45, 2.75) is 46.1 Å². The Morgan fingerprint density at radius 2 is 2.00 bits per heavy atom. The van der Waals surface area contributed by atoms with Crippen LogP contribution in [-0.2, 0) is 16.1 Å². The maximum atomic E-state index is 12.7. The quantitative estimate of drug-likeness (QED) is 0.801. The Balaban J connectivity index is 2.01. The van der Waals surface area contributed by atoms with Crippen molar-refractivity contribution in [1.82, 2.24) is 4.90 Å². The molecule has 0 radical (unpaired) electrons. The Hall–Kier alpha value is -1.84. The number of hydrogen-bond acceptors (Lipinski definition) is 2. The number of benzene rings is 1. The third-order valence-corrected chi connectivity index (χ3v) is 4.80. The van der Waals surface area contributed by atoms with Crippen molar-refractivity contribution < 1.29 is 14.7 Å². The van der Waals surface area contributed by atoms with Crippen LogP contribution in [0.25, 0.3) is 0 Å². The van der Waals surface area contributed by atoms with Crippen LogP contribution in [0.5, 0.6) is 0 Å². The van der Waals surface area contributed by atoms with Crippen LogP contribution in [0.2, 0.25) is 0 Å². The highest BCUT2D eigenvalue weighted by molar-refractivity contribution is 5.82. The van der Waals surface area contributed by atoms with Gasteiger partial charge in [0, 0.05) is 25.4 Å². The molecule has 1 aliphatic rings. The fraction of sp³-hybridized carbons (Fsp3) is 0.556. The molecular weight excluding hydrogens is 278 g/mol. The molecule has 1 amide bonds. The van der Waals surface area contributed by atoms with Gasteiger partial charge in [-0.15, -0.1) is 0 Å². The Bertz CT molecular complexity index is 528. The van der Waals surface area contributed by atoms with Crippen LogP contribution >= 0.6 is 0 Å². The van der Waals surface area contributed by atoms with Gasteiger partial charge < -0.3 is 10.0 Å². The first kappa shape index (κ1) is 16.5. The maximum Gasteiger partial charge on any atom is 0.303 e. The molecule has 2 rings (SSSR count). The van der Waals surface area contributed by atoms with Crippen LogP contribution < -0.4 is 0 Å². The van der Waals surface area contributed by atoms with E-state index in [0.29, 0.717) is 19.5 Å². The minimum Gasteiger partial charge on any atom is -0.481 e. The predicted octanol–water partition coefficient (Wildman–Crippen LogP) is 3.32. The number of hydrogen-bond donors (Lipinski definition) is 1. The molecule has 120 valence electrons. The fourth-order valence-corrected chi connectivity index (χ4v) is 2.90. The van der Waals surface area contributed by atoms with E-state index in [2.05, 4.69) is 13.8 Å². The summed E-state index contributed by atoms with van der Waals surface area (Å²) in [6, 6.07) is 9.88. The zero-order chi connectivity index (χ0) is 16.2. The van der Waals surface area contributed by atoms with Crippen molar-refractivity contribution in [1.29, 1.82) is 0 Å². The van der Waals surface area contributed by atoms with Gasteiger partial charge in [0.15, 0.2) is 0 Å². The number of aliphatic carboxylic acids is 1. The number of nitrogens with zero attached hydrogens (tertiary/aromatic N) is 1. The standard InChI is InChI=1S/C18H25NO3/c1-3-18(2)12-15(18)17(22)19(11-7-10-16(20)21)13-14-8-5-4-6-9-14/h4-6,8-9,15H,3,7,10-13H2,1-2H3,(H,20,21). The minimum absolute atomic E-state index is 0.103. The molecule has 22 heavy (non-hydrogen) atoms. The van der Waals surface area contributed by atoms with E-state index in [1.807, 2.05) is 35.2 Å². The SMILES string of the molecule is CCC1(C)CC1C(=O)N(CCCC(=O)O)Cc1ccccc1. The maximum absolute atomic E-state index is 12.7. The molecule has 0 aliphatic heterocycles. The predicted molar refractivity (Wildman–Crippen MR) is 85.2 cm³/mol. The van der Waals surface area contributed by atoms with Crippen LogP contribution in [0, 0.1) is 11.3 Å². The molecule has 0 bridgehead atoms. The van der Waals surface area contributed by atoms with Crippen LogP contribution in [0.4, 0.5) is 0 Å². The summed E-state index contributed by atoms with van der Waals surface area (Å²) in [6.45, 7) is 5.36. The Kier molecular flexibility index (Phi) is 5.22. The first-order valence-electron chi connectivity index (χ1n) is 8.01. The van der Waals surface area contributed by atoms with Crippen LogP contribution in [0.3, 0.4) is 0 Å². The molecule has 0 heterocycles. The molecule has 2 atom stereocenters. The van der Waals surface area contributed by atoms with Gasteiger partial charge in [0.2, 0.25) is 5.91 Å². The van der Waals surface area contributed by atoms with Crippen molar-refractivity contribution in [2.75, 3.05) is 6.54 Å². The normalized spacial score (nSPS) is 23.1. The lowest BCUT2D eigenvalue weighted by atomic mass is 10.0. The molecule has 1 aliphatic carbocycles. The molecule has 1 N–H and O–H groups in total. The van der Waals surface area contributed by atoms with Crippen molar-refractivity contribution in [3.05, 3.63) is 35.9 Å². The molecule has 1 aromatic carbocycles. The van der Waals surface area contributed by atoms with Gasteiger partial charge in [0.05, 0.1) is 0 Å². The van der Waals surface area contributed by atoms with Crippen molar-refractivity contribution in [3.8, 4) is 0 Å². The molecule has 0 saturated heterocycles. The first-order chi connectivity index (χ1) is 10.5. The summed E-state index contributed by atoms with van der Waals surface area (Å²) in [6.07, 6.45) is 2.57. The van der Waals surface area contributed by atoms with Gasteiger partial charge in [-0.1, -0.05) is 44.2 Å². The van der Waals surface area contributed by atoms with E-state index < -0.39 is 5.97 Å². The van der Waals surface area contributed by atoms with Gasteiger partial charge >= 0.3 is 5.97 Å². The van der Waals surface area contributed by atoms with Gasteiger partial charge in [0.25, 0.3) is 0 Å². The van der Waals surface area contributed by atoms with Gasteiger partial charge in [-0.25, -0.2) is 0 Å². The van der Waals surface area contributed by atoms with E-state index >= 15 is 0 Å². The Labute approximate surface area is 132 Å². The molecule has 1 fully saturated rings. The lowest BCUT2D eigenvalue weighted by molar-refractivity contribution is -0.138. The summed E-state index contributed by atoms with van der Waals surface area (Å²) in [5.74, 6) is -0.526. The summed E-state index contributed by atoms with van der Waals surface area (Å²) >= 11 is 0. The lowest BCUT2D eigenvalue weighted by Crippen LogP contribution is -2.34. The number of carboxylic acids is 1. The van der Waals surface area contributed by atoms with Crippen molar-refractivity contribution >= 4 is 11.9 Å². The van der Waals surface area contributed by atoms with E-state index in [1.54, 1.807) is 0 Å². The van der Waals surface area contributed by atoms with Crippen LogP contribution in [-0.4, -0.2) is 28.4 Å². The molecular formula is C18H25NO3. The second-order valence-electron chi connectivity index (χ2n) is 6.51. The van der Waals surface area contributed by atoms with Crippen molar-refractivity contribution in [3.63, 3.8) is 0 Å². The number of carbonyl (C=O) groups excluding carboxylic acids is 1. The highest BCUT2D eigenvalue weighted by Crippen LogP contribution is 2.55. The lowest BCUT2D eigenvalue weighted by Gasteiger charge is -2.24.